The summed E-state index contributed by atoms with van der Waals surface area (Å²) in [4.78, 5) is 26.1. The van der Waals surface area contributed by atoms with Gasteiger partial charge in [0.2, 0.25) is 11.8 Å². The fourth-order valence-corrected chi connectivity index (χ4v) is 2.68. The number of hydrogen-bond donors (Lipinski definition) is 1. The van der Waals surface area contributed by atoms with E-state index >= 15 is 0 Å². The monoisotopic (exact) mass is 304 g/mol. The first-order valence-electron chi connectivity index (χ1n) is 7.83. The lowest BCUT2D eigenvalue weighted by Gasteiger charge is -2.31. The minimum absolute atomic E-state index is 0.0109. The Morgan fingerprint density at radius 1 is 1.23 bits per heavy atom. The van der Waals surface area contributed by atoms with E-state index < -0.39 is 0 Å². The molecule has 1 heterocycles. The van der Waals surface area contributed by atoms with Crippen molar-refractivity contribution in [2.75, 3.05) is 32.1 Å². The number of nitrogens with zero attached hydrogens (tertiary/aromatic N) is 1. The average Bonchev–Trinajstić information content (AvgIpc) is 2.56. The number of methoxy groups -OCH3 is 1. The lowest BCUT2D eigenvalue weighted by atomic mass is 9.95. The summed E-state index contributed by atoms with van der Waals surface area (Å²) in [5, 5.41) is 2.94. The molecule has 1 saturated heterocycles. The number of hydrogen-bond acceptors (Lipinski definition) is 3. The van der Waals surface area contributed by atoms with Crippen LogP contribution in [0.15, 0.2) is 30.3 Å². The summed E-state index contributed by atoms with van der Waals surface area (Å²) in [7, 11) is 1.64. The van der Waals surface area contributed by atoms with Crippen LogP contribution in [0.3, 0.4) is 0 Å². The van der Waals surface area contributed by atoms with Gasteiger partial charge in [0.05, 0.1) is 0 Å². The molecule has 1 N–H and O–H groups in total. The molecule has 1 fully saturated rings. The van der Waals surface area contributed by atoms with E-state index in [0.717, 1.165) is 24.9 Å². The molecule has 1 aromatic rings. The maximum Gasteiger partial charge on any atom is 0.227 e. The highest BCUT2D eigenvalue weighted by molar-refractivity contribution is 5.92. The van der Waals surface area contributed by atoms with Crippen LogP contribution in [0.5, 0.6) is 0 Å². The van der Waals surface area contributed by atoms with Crippen molar-refractivity contribution in [1.82, 2.24) is 4.90 Å². The van der Waals surface area contributed by atoms with Crippen LogP contribution in [-0.4, -0.2) is 43.5 Å². The number of para-hydroxylation sites is 1. The van der Waals surface area contributed by atoms with Crippen LogP contribution in [0.1, 0.15) is 25.7 Å². The topological polar surface area (TPSA) is 58.6 Å². The molecule has 0 bridgehead atoms. The molecule has 22 heavy (non-hydrogen) atoms. The lowest BCUT2D eigenvalue weighted by Crippen LogP contribution is -2.41. The molecule has 1 aromatic carbocycles. The van der Waals surface area contributed by atoms with E-state index in [1.807, 2.05) is 35.2 Å². The minimum Gasteiger partial charge on any atom is -0.385 e. The number of anilines is 1. The molecule has 0 aromatic heterocycles. The van der Waals surface area contributed by atoms with Crippen LogP contribution < -0.4 is 5.32 Å². The van der Waals surface area contributed by atoms with Gasteiger partial charge in [0.15, 0.2) is 0 Å². The van der Waals surface area contributed by atoms with E-state index in [4.69, 9.17) is 4.74 Å². The molecule has 0 unspecified atom stereocenters. The van der Waals surface area contributed by atoms with Crippen molar-refractivity contribution in [2.24, 2.45) is 5.92 Å². The van der Waals surface area contributed by atoms with E-state index in [1.165, 1.54) is 0 Å². The molecule has 0 spiro atoms. The zero-order valence-electron chi connectivity index (χ0n) is 13.1. The Labute approximate surface area is 131 Å². The number of likely N-dealkylation sites (tertiary alicyclic amines) is 1. The summed E-state index contributed by atoms with van der Waals surface area (Å²) >= 11 is 0. The highest BCUT2D eigenvalue weighted by atomic mass is 16.5. The standard InChI is InChI=1S/C17H24N2O3/c1-22-13-5-8-16(20)19-11-9-14(10-12-19)17(21)18-15-6-3-2-4-7-15/h2-4,6-7,14H,5,8-13H2,1H3,(H,18,21). The highest BCUT2D eigenvalue weighted by Gasteiger charge is 2.27. The van der Waals surface area contributed by atoms with Gasteiger partial charge in [-0.25, -0.2) is 0 Å². The first-order chi connectivity index (χ1) is 10.7. The molecule has 5 heteroatoms. The maximum absolute atomic E-state index is 12.2. The number of amides is 2. The molecule has 0 saturated carbocycles. The number of ether oxygens (including phenoxy) is 1. The average molecular weight is 304 g/mol. The smallest absolute Gasteiger partial charge is 0.227 e. The summed E-state index contributed by atoms with van der Waals surface area (Å²) in [6.45, 7) is 1.94. The third-order valence-electron chi connectivity index (χ3n) is 4.00. The number of rotatable bonds is 6. The lowest BCUT2D eigenvalue weighted by molar-refractivity contribution is -0.134. The van der Waals surface area contributed by atoms with Crippen LogP contribution >= 0.6 is 0 Å². The second-order valence-corrected chi connectivity index (χ2v) is 5.61. The zero-order valence-corrected chi connectivity index (χ0v) is 13.1. The van der Waals surface area contributed by atoms with Crippen molar-refractivity contribution in [3.8, 4) is 0 Å². The van der Waals surface area contributed by atoms with Crippen LogP contribution in [-0.2, 0) is 14.3 Å². The van der Waals surface area contributed by atoms with Gasteiger partial charge in [-0.15, -0.1) is 0 Å². The summed E-state index contributed by atoms with van der Waals surface area (Å²) in [5.74, 6) is 0.208. The summed E-state index contributed by atoms with van der Waals surface area (Å²) in [6.07, 6.45) is 2.74. The number of nitrogens with one attached hydrogen (secondary N) is 1. The minimum atomic E-state index is -0.0109. The molecular weight excluding hydrogens is 280 g/mol. The maximum atomic E-state index is 12.2. The molecular formula is C17H24N2O3. The molecule has 1 aliphatic heterocycles. The Hall–Kier alpha value is -1.88. The molecule has 0 radical (unpaired) electrons. The van der Waals surface area contributed by atoms with E-state index in [0.29, 0.717) is 26.1 Å². The Morgan fingerprint density at radius 2 is 1.91 bits per heavy atom. The van der Waals surface area contributed by atoms with Crippen molar-refractivity contribution in [2.45, 2.75) is 25.7 Å². The molecule has 2 amide bonds. The van der Waals surface area contributed by atoms with Gasteiger partial charge in [-0.2, -0.15) is 0 Å². The first-order valence-corrected chi connectivity index (χ1v) is 7.83. The van der Waals surface area contributed by atoms with E-state index in [9.17, 15) is 9.59 Å². The summed E-state index contributed by atoms with van der Waals surface area (Å²) in [5.41, 5.74) is 0.825. The summed E-state index contributed by atoms with van der Waals surface area (Å²) < 4.78 is 4.96. The van der Waals surface area contributed by atoms with Crippen molar-refractivity contribution >= 4 is 17.5 Å². The zero-order chi connectivity index (χ0) is 15.8. The number of carbonyl (C=O) groups is 2. The third-order valence-corrected chi connectivity index (χ3v) is 4.00. The van der Waals surface area contributed by atoms with Crippen LogP contribution in [0.4, 0.5) is 5.69 Å². The molecule has 5 nitrogen and oxygen atoms in total. The Balaban J connectivity index is 1.74. The Morgan fingerprint density at radius 3 is 2.55 bits per heavy atom. The molecule has 1 aliphatic rings. The molecule has 2 rings (SSSR count). The number of benzene rings is 1. The number of carbonyl (C=O) groups excluding carboxylic acids is 2. The first kappa shape index (κ1) is 16.5. The number of piperidine rings is 1. The van der Waals surface area contributed by atoms with Crippen LogP contribution in [0.25, 0.3) is 0 Å². The van der Waals surface area contributed by atoms with Crippen molar-refractivity contribution in [3.05, 3.63) is 30.3 Å². The van der Waals surface area contributed by atoms with E-state index in [2.05, 4.69) is 5.32 Å². The van der Waals surface area contributed by atoms with Gasteiger partial charge in [0.1, 0.15) is 0 Å². The van der Waals surface area contributed by atoms with Gasteiger partial charge in [-0.3, -0.25) is 9.59 Å². The second-order valence-electron chi connectivity index (χ2n) is 5.61. The van der Waals surface area contributed by atoms with E-state index in [1.54, 1.807) is 7.11 Å². The Bertz CT molecular complexity index is 482. The molecule has 0 aliphatic carbocycles. The van der Waals surface area contributed by atoms with Gasteiger partial charge in [-0.05, 0) is 31.4 Å². The van der Waals surface area contributed by atoms with Gasteiger partial charge in [0, 0.05) is 44.8 Å². The van der Waals surface area contributed by atoms with Gasteiger partial charge >= 0.3 is 0 Å². The van der Waals surface area contributed by atoms with Crippen molar-refractivity contribution in [3.63, 3.8) is 0 Å². The largest absolute Gasteiger partial charge is 0.385 e. The van der Waals surface area contributed by atoms with Gasteiger partial charge in [0.25, 0.3) is 0 Å². The fourth-order valence-electron chi connectivity index (χ4n) is 2.68. The predicted octanol–water partition coefficient (Wildman–Crippen LogP) is 2.29. The second kappa shape index (κ2) is 8.54. The highest BCUT2D eigenvalue weighted by Crippen LogP contribution is 2.20. The normalized spacial score (nSPS) is 15.6. The SMILES string of the molecule is COCCCC(=O)N1CCC(C(=O)Nc2ccccc2)CC1. The van der Waals surface area contributed by atoms with Gasteiger partial charge in [-0.1, -0.05) is 18.2 Å². The van der Waals surface area contributed by atoms with Crippen LogP contribution in [0.2, 0.25) is 0 Å². The Kier molecular flexibility index (Phi) is 6.40. The molecule has 0 atom stereocenters. The fraction of sp³-hybridized carbons (Fsp3) is 0.529. The molecule has 120 valence electrons. The summed E-state index contributed by atoms with van der Waals surface area (Å²) in [6, 6.07) is 9.48. The van der Waals surface area contributed by atoms with E-state index in [-0.39, 0.29) is 17.7 Å². The van der Waals surface area contributed by atoms with Crippen LogP contribution in [0, 0.1) is 5.92 Å². The third kappa shape index (κ3) is 4.84. The van der Waals surface area contributed by atoms with Gasteiger partial charge < -0.3 is 15.0 Å². The van der Waals surface area contributed by atoms with Crippen molar-refractivity contribution < 1.29 is 14.3 Å². The predicted molar refractivity (Wildman–Crippen MR) is 85.5 cm³/mol. The van der Waals surface area contributed by atoms with Crippen molar-refractivity contribution in [1.29, 1.82) is 0 Å². The quantitative estimate of drug-likeness (QED) is 0.820.